The van der Waals surface area contributed by atoms with Crippen molar-refractivity contribution in [3.8, 4) is 0 Å². The van der Waals surface area contributed by atoms with Crippen LogP contribution in [0.5, 0.6) is 0 Å². The number of fused-ring (bicyclic) bond motifs is 1. The number of rotatable bonds is 8. The molecule has 6 nitrogen and oxygen atoms in total. The van der Waals surface area contributed by atoms with Crippen molar-refractivity contribution in [1.82, 2.24) is 10.3 Å². The lowest BCUT2D eigenvalue weighted by Crippen LogP contribution is -2.45. The Bertz CT molecular complexity index is 1130. The molecule has 1 aliphatic rings. The number of hydrogen-bond acceptors (Lipinski definition) is 5. The molecule has 3 aromatic rings. The van der Waals surface area contributed by atoms with E-state index in [1.54, 1.807) is 32.2 Å². The first-order valence-electron chi connectivity index (χ1n) is 11.1. The van der Waals surface area contributed by atoms with E-state index in [0.29, 0.717) is 25.1 Å². The predicted octanol–water partition coefficient (Wildman–Crippen LogP) is 4.36. The van der Waals surface area contributed by atoms with Gasteiger partial charge in [0.05, 0.1) is 23.2 Å². The minimum atomic E-state index is -0.961. The van der Waals surface area contributed by atoms with Crippen molar-refractivity contribution in [2.45, 2.75) is 37.8 Å². The minimum Gasteiger partial charge on any atom is -0.481 e. The second-order valence-corrected chi connectivity index (χ2v) is 8.87. The first kappa shape index (κ1) is 22.7. The van der Waals surface area contributed by atoms with E-state index < -0.39 is 11.4 Å². The van der Waals surface area contributed by atoms with Gasteiger partial charge in [0.2, 0.25) is 0 Å². The Kier molecular flexibility index (Phi) is 6.60. The molecule has 1 aromatic heterocycles. The third kappa shape index (κ3) is 4.98. The number of aromatic nitrogens is 1. The van der Waals surface area contributed by atoms with Gasteiger partial charge in [0.15, 0.2) is 0 Å². The summed E-state index contributed by atoms with van der Waals surface area (Å²) in [7, 11) is 0. The summed E-state index contributed by atoms with van der Waals surface area (Å²) in [6.07, 6.45) is 2.41. The summed E-state index contributed by atoms with van der Waals surface area (Å²) in [6, 6.07) is 17.9. The van der Waals surface area contributed by atoms with E-state index in [0.717, 1.165) is 22.6 Å². The summed E-state index contributed by atoms with van der Waals surface area (Å²) in [4.78, 5) is 16.0. The smallest absolute Gasteiger partial charge is 0.313 e. The number of nitrogens with zero attached hydrogens (tertiary/aromatic N) is 1. The van der Waals surface area contributed by atoms with Crippen LogP contribution in [-0.2, 0) is 16.6 Å². The first-order valence-corrected chi connectivity index (χ1v) is 11.1. The number of halogens is 1. The molecule has 0 bridgehead atoms. The lowest BCUT2D eigenvalue weighted by Gasteiger charge is -2.34. The molecule has 0 amide bonds. The van der Waals surface area contributed by atoms with Crippen molar-refractivity contribution < 1.29 is 14.3 Å². The lowest BCUT2D eigenvalue weighted by atomic mass is 9.84. The second-order valence-electron chi connectivity index (χ2n) is 8.87. The van der Waals surface area contributed by atoms with Crippen LogP contribution in [0.4, 0.5) is 15.9 Å². The number of pyridine rings is 1. The molecule has 0 radical (unpaired) electrons. The minimum absolute atomic E-state index is 0.110. The van der Waals surface area contributed by atoms with Crippen molar-refractivity contribution >= 4 is 17.5 Å². The van der Waals surface area contributed by atoms with Crippen molar-refractivity contribution in [2.24, 2.45) is 0 Å². The molecule has 0 saturated heterocycles. The van der Waals surface area contributed by atoms with Crippen molar-refractivity contribution in [3.63, 3.8) is 0 Å². The van der Waals surface area contributed by atoms with Crippen LogP contribution >= 0.6 is 0 Å². The van der Waals surface area contributed by atoms with Crippen LogP contribution in [-0.4, -0.2) is 35.2 Å². The number of hydrogen-bond donors (Lipinski definition) is 4. The quantitative estimate of drug-likeness (QED) is 0.410. The van der Waals surface area contributed by atoms with E-state index in [4.69, 9.17) is 0 Å². The van der Waals surface area contributed by atoms with Crippen LogP contribution in [0.25, 0.3) is 0 Å². The predicted molar refractivity (Wildman–Crippen MR) is 128 cm³/mol. The average Bonchev–Trinajstić information content (AvgIpc) is 2.82. The Morgan fingerprint density at radius 3 is 2.82 bits per heavy atom. The molecule has 1 aliphatic heterocycles. The van der Waals surface area contributed by atoms with Crippen molar-refractivity contribution in [1.29, 1.82) is 0 Å². The van der Waals surface area contributed by atoms with Crippen LogP contribution in [0.3, 0.4) is 0 Å². The largest absolute Gasteiger partial charge is 0.481 e. The SMILES string of the molecule is CC(C)(C(=O)O)c1cccc(CCN[C@@H](c2ccccc2F)[C@H]2CNc3cccnc3N2)c1. The number of carboxylic acids is 1. The summed E-state index contributed by atoms with van der Waals surface area (Å²) in [6.45, 7) is 4.62. The Morgan fingerprint density at radius 1 is 1.21 bits per heavy atom. The van der Waals surface area contributed by atoms with Gasteiger partial charge in [-0.05, 0) is 56.1 Å². The highest BCUT2D eigenvalue weighted by atomic mass is 19.1. The van der Waals surface area contributed by atoms with E-state index >= 15 is 0 Å². The third-order valence-corrected chi connectivity index (χ3v) is 6.25. The van der Waals surface area contributed by atoms with Gasteiger partial charge in [-0.1, -0.05) is 42.5 Å². The number of aliphatic carboxylic acids is 1. The average molecular weight is 449 g/mol. The zero-order valence-electron chi connectivity index (χ0n) is 18.8. The molecule has 0 aliphatic carbocycles. The number of carboxylic acid groups (broad SMARTS) is 1. The normalized spacial score (nSPS) is 16.3. The number of benzene rings is 2. The Balaban J connectivity index is 1.51. The summed E-state index contributed by atoms with van der Waals surface area (Å²) < 4.78 is 14.7. The standard InChI is InChI=1S/C26H29FN4O2/c1-26(2,25(32)33)18-8-5-7-17(15-18)12-14-28-23(19-9-3-4-10-20(19)27)22-16-30-21-11-6-13-29-24(21)31-22/h3-11,13,15,22-23,28,30H,12,14,16H2,1-2H3,(H,29,31)(H,32,33)/t22-,23+/m1/s1. The van der Waals surface area contributed by atoms with Gasteiger partial charge in [0, 0.05) is 18.3 Å². The van der Waals surface area contributed by atoms with Crippen LogP contribution in [0.1, 0.15) is 36.6 Å². The molecule has 0 unspecified atom stereocenters. The fourth-order valence-corrected chi connectivity index (χ4v) is 4.12. The van der Waals surface area contributed by atoms with Crippen LogP contribution < -0.4 is 16.0 Å². The highest BCUT2D eigenvalue weighted by Gasteiger charge is 2.30. The topological polar surface area (TPSA) is 86.3 Å². The molecule has 4 rings (SSSR count). The molecule has 7 heteroatoms. The van der Waals surface area contributed by atoms with Crippen LogP contribution in [0, 0.1) is 5.82 Å². The van der Waals surface area contributed by atoms with Gasteiger partial charge >= 0.3 is 5.97 Å². The van der Waals surface area contributed by atoms with Crippen LogP contribution in [0.2, 0.25) is 0 Å². The van der Waals surface area contributed by atoms with Gasteiger partial charge in [-0.25, -0.2) is 9.37 Å². The number of anilines is 2. The molecule has 0 fully saturated rings. The molecule has 2 heterocycles. The molecular formula is C26H29FN4O2. The van der Waals surface area contributed by atoms with Gasteiger partial charge in [0.1, 0.15) is 11.6 Å². The fourth-order valence-electron chi connectivity index (χ4n) is 4.12. The second kappa shape index (κ2) is 9.58. The zero-order chi connectivity index (χ0) is 23.4. The van der Waals surface area contributed by atoms with Crippen LogP contribution in [0.15, 0.2) is 66.9 Å². The molecule has 0 saturated carbocycles. The summed E-state index contributed by atoms with van der Waals surface area (Å²) in [5.41, 5.74) is 2.36. The van der Waals surface area contributed by atoms with Gasteiger partial charge in [-0.15, -0.1) is 0 Å². The fraction of sp³-hybridized carbons (Fsp3) is 0.308. The highest BCUT2D eigenvalue weighted by Crippen LogP contribution is 2.29. The first-order chi connectivity index (χ1) is 15.9. The molecule has 2 aromatic carbocycles. The molecular weight excluding hydrogens is 419 g/mol. The Morgan fingerprint density at radius 2 is 2.03 bits per heavy atom. The van der Waals surface area contributed by atoms with E-state index in [2.05, 4.69) is 20.9 Å². The van der Waals surface area contributed by atoms with Gasteiger partial charge in [0.25, 0.3) is 0 Å². The maximum Gasteiger partial charge on any atom is 0.313 e. The molecule has 2 atom stereocenters. The van der Waals surface area contributed by atoms with E-state index in [1.165, 1.54) is 6.07 Å². The summed E-state index contributed by atoms with van der Waals surface area (Å²) >= 11 is 0. The van der Waals surface area contributed by atoms with Gasteiger partial charge < -0.3 is 21.1 Å². The van der Waals surface area contributed by atoms with Crippen molar-refractivity contribution in [2.75, 3.05) is 23.7 Å². The Labute approximate surface area is 193 Å². The molecule has 33 heavy (non-hydrogen) atoms. The monoisotopic (exact) mass is 448 g/mol. The lowest BCUT2D eigenvalue weighted by molar-refractivity contribution is -0.142. The molecule has 4 N–H and O–H groups in total. The molecule has 172 valence electrons. The number of nitrogens with one attached hydrogen (secondary N) is 3. The van der Waals surface area contributed by atoms with E-state index in [1.807, 2.05) is 42.5 Å². The molecule has 0 spiro atoms. The maximum absolute atomic E-state index is 14.7. The van der Waals surface area contributed by atoms with Gasteiger partial charge in [-0.3, -0.25) is 4.79 Å². The third-order valence-electron chi connectivity index (χ3n) is 6.25. The Hall–Kier alpha value is -3.45. The van der Waals surface area contributed by atoms with Crippen molar-refractivity contribution in [3.05, 3.63) is 89.4 Å². The van der Waals surface area contributed by atoms with Gasteiger partial charge in [-0.2, -0.15) is 0 Å². The number of carbonyl (C=O) groups is 1. The highest BCUT2D eigenvalue weighted by molar-refractivity contribution is 5.80. The summed E-state index contributed by atoms with van der Waals surface area (Å²) in [5.74, 6) is -0.364. The van der Waals surface area contributed by atoms with E-state index in [9.17, 15) is 14.3 Å². The van der Waals surface area contributed by atoms with E-state index in [-0.39, 0.29) is 17.9 Å². The zero-order valence-corrected chi connectivity index (χ0v) is 18.8. The summed E-state index contributed by atoms with van der Waals surface area (Å²) in [5, 5.41) is 19.9. The maximum atomic E-state index is 14.7.